The minimum atomic E-state index is -0.613. The topological polar surface area (TPSA) is 71.3 Å². The Hall–Kier alpha value is -2.63. The van der Waals surface area contributed by atoms with Gasteiger partial charge in [0.1, 0.15) is 11.6 Å². The summed E-state index contributed by atoms with van der Waals surface area (Å²) >= 11 is 0. The molecule has 1 aliphatic heterocycles. The highest BCUT2D eigenvalue weighted by Gasteiger charge is 2.31. The number of rotatable bonds is 4. The number of furan rings is 1. The SMILES string of the molecule is C[C@H](Cc1ccco1)NC(=O)[C@@H]1CC(=O)Nc2cc(F)ccc21. The molecule has 120 valence electrons. The van der Waals surface area contributed by atoms with E-state index >= 15 is 0 Å². The third-order valence-electron chi connectivity index (χ3n) is 3.85. The Labute approximate surface area is 132 Å². The molecule has 2 amide bonds. The number of benzene rings is 1. The molecule has 1 aromatic heterocycles. The van der Waals surface area contributed by atoms with E-state index in [1.807, 2.05) is 13.0 Å². The fourth-order valence-electron chi connectivity index (χ4n) is 2.80. The highest BCUT2D eigenvalue weighted by Crippen LogP contribution is 2.32. The lowest BCUT2D eigenvalue weighted by Crippen LogP contribution is -2.40. The lowest BCUT2D eigenvalue weighted by molar-refractivity contribution is -0.126. The first-order valence-corrected chi connectivity index (χ1v) is 7.45. The number of nitrogens with one attached hydrogen (secondary N) is 2. The molecule has 2 atom stereocenters. The van der Waals surface area contributed by atoms with E-state index < -0.39 is 11.7 Å². The fourth-order valence-corrected chi connectivity index (χ4v) is 2.80. The molecule has 3 rings (SSSR count). The third-order valence-corrected chi connectivity index (χ3v) is 3.85. The van der Waals surface area contributed by atoms with Gasteiger partial charge in [0, 0.05) is 24.6 Å². The predicted molar refractivity (Wildman–Crippen MR) is 82.4 cm³/mol. The Morgan fingerprint density at radius 3 is 3.04 bits per heavy atom. The van der Waals surface area contributed by atoms with Crippen molar-refractivity contribution in [2.75, 3.05) is 5.32 Å². The lowest BCUT2D eigenvalue weighted by atomic mass is 9.89. The van der Waals surface area contributed by atoms with Crippen LogP contribution in [0.4, 0.5) is 10.1 Å². The average molecular weight is 316 g/mol. The van der Waals surface area contributed by atoms with Crippen molar-refractivity contribution in [2.45, 2.75) is 31.7 Å². The summed E-state index contributed by atoms with van der Waals surface area (Å²) in [4.78, 5) is 24.3. The Bertz CT molecular complexity index is 727. The van der Waals surface area contributed by atoms with Gasteiger partial charge in [-0.25, -0.2) is 4.39 Å². The highest BCUT2D eigenvalue weighted by atomic mass is 19.1. The van der Waals surface area contributed by atoms with E-state index in [0.29, 0.717) is 17.7 Å². The molecule has 0 aliphatic carbocycles. The second-order valence-corrected chi connectivity index (χ2v) is 5.73. The van der Waals surface area contributed by atoms with E-state index in [-0.39, 0.29) is 24.3 Å². The molecule has 0 fully saturated rings. The number of anilines is 1. The maximum absolute atomic E-state index is 13.3. The molecule has 2 heterocycles. The predicted octanol–water partition coefficient (Wildman–Crippen LogP) is 2.59. The Balaban J connectivity index is 1.73. The summed E-state index contributed by atoms with van der Waals surface area (Å²) in [6.07, 6.45) is 2.20. The quantitative estimate of drug-likeness (QED) is 0.911. The second kappa shape index (κ2) is 6.24. The van der Waals surface area contributed by atoms with Crippen molar-refractivity contribution < 1.29 is 18.4 Å². The first-order valence-electron chi connectivity index (χ1n) is 7.45. The molecule has 0 saturated heterocycles. The van der Waals surface area contributed by atoms with Crippen molar-refractivity contribution in [3.05, 3.63) is 53.7 Å². The summed E-state index contributed by atoms with van der Waals surface area (Å²) in [6.45, 7) is 1.87. The van der Waals surface area contributed by atoms with Gasteiger partial charge in [-0.05, 0) is 36.8 Å². The number of carbonyl (C=O) groups is 2. The number of halogens is 1. The minimum Gasteiger partial charge on any atom is -0.469 e. The van der Waals surface area contributed by atoms with Gasteiger partial charge in [0.2, 0.25) is 11.8 Å². The van der Waals surface area contributed by atoms with E-state index in [1.165, 1.54) is 12.1 Å². The summed E-state index contributed by atoms with van der Waals surface area (Å²) in [7, 11) is 0. The number of fused-ring (bicyclic) bond motifs is 1. The normalized spacial score (nSPS) is 18.0. The molecule has 0 radical (unpaired) electrons. The summed E-state index contributed by atoms with van der Waals surface area (Å²) < 4.78 is 18.6. The van der Waals surface area contributed by atoms with Gasteiger partial charge >= 0.3 is 0 Å². The molecule has 6 heteroatoms. The fraction of sp³-hybridized carbons (Fsp3) is 0.294. The van der Waals surface area contributed by atoms with Crippen LogP contribution < -0.4 is 10.6 Å². The smallest absolute Gasteiger partial charge is 0.228 e. The van der Waals surface area contributed by atoms with E-state index in [2.05, 4.69) is 10.6 Å². The van der Waals surface area contributed by atoms with Gasteiger partial charge in [-0.15, -0.1) is 0 Å². The van der Waals surface area contributed by atoms with Crippen molar-refractivity contribution in [2.24, 2.45) is 0 Å². The molecule has 23 heavy (non-hydrogen) atoms. The molecule has 0 bridgehead atoms. The van der Waals surface area contributed by atoms with Gasteiger partial charge in [-0.2, -0.15) is 0 Å². The molecule has 2 aromatic rings. The zero-order chi connectivity index (χ0) is 16.4. The zero-order valence-corrected chi connectivity index (χ0v) is 12.6. The van der Waals surface area contributed by atoms with Gasteiger partial charge < -0.3 is 15.1 Å². The van der Waals surface area contributed by atoms with Crippen LogP contribution in [0.2, 0.25) is 0 Å². The summed E-state index contributed by atoms with van der Waals surface area (Å²) in [5.41, 5.74) is 0.994. The van der Waals surface area contributed by atoms with Crippen LogP contribution in [0.5, 0.6) is 0 Å². The molecule has 1 aromatic carbocycles. The molecule has 2 N–H and O–H groups in total. The summed E-state index contributed by atoms with van der Waals surface area (Å²) in [6, 6.07) is 7.57. The number of hydrogen-bond donors (Lipinski definition) is 2. The molecular formula is C17H17FN2O3. The number of hydrogen-bond acceptors (Lipinski definition) is 3. The second-order valence-electron chi connectivity index (χ2n) is 5.73. The number of carbonyl (C=O) groups excluding carboxylic acids is 2. The van der Waals surface area contributed by atoms with Gasteiger partial charge in [0.15, 0.2) is 0 Å². The van der Waals surface area contributed by atoms with Crippen molar-refractivity contribution in [3.63, 3.8) is 0 Å². The van der Waals surface area contributed by atoms with Crippen LogP contribution in [0.15, 0.2) is 41.0 Å². The van der Waals surface area contributed by atoms with Crippen molar-refractivity contribution >= 4 is 17.5 Å². The van der Waals surface area contributed by atoms with E-state index in [1.54, 1.807) is 18.4 Å². The Kier molecular flexibility index (Phi) is 4.14. The maximum Gasteiger partial charge on any atom is 0.228 e. The first kappa shape index (κ1) is 15.3. The van der Waals surface area contributed by atoms with E-state index in [4.69, 9.17) is 4.42 Å². The summed E-state index contributed by atoms with van der Waals surface area (Å²) in [5, 5.41) is 5.49. The standard InChI is InChI=1S/C17H17FN2O3/c1-10(7-12-3-2-6-23-12)19-17(22)14-9-16(21)20-15-8-11(18)4-5-13(14)15/h2-6,8,10,14H,7,9H2,1H3,(H,19,22)(H,20,21)/t10-,14-/m1/s1. The third kappa shape index (κ3) is 3.41. The van der Waals surface area contributed by atoms with Crippen LogP contribution in [-0.2, 0) is 16.0 Å². The van der Waals surface area contributed by atoms with Crippen LogP contribution in [-0.4, -0.2) is 17.9 Å². The van der Waals surface area contributed by atoms with Gasteiger partial charge in [0.25, 0.3) is 0 Å². The first-order chi connectivity index (χ1) is 11.0. The van der Waals surface area contributed by atoms with Crippen LogP contribution in [0, 0.1) is 5.82 Å². The molecule has 0 spiro atoms. The van der Waals surface area contributed by atoms with Crippen LogP contribution in [0.3, 0.4) is 0 Å². The molecule has 0 unspecified atom stereocenters. The molecular weight excluding hydrogens is 299 g/mol. The molecule has 1 aliphatic rings. The average Bonchev–Trinajstić information content (AvgIpc) is 2.98. The van der Waals surface area contributed by atoms with E-state index in [0.717, 1.165) is 5.76 Å². The van der Waals surface area contributed by atoms with E-state index in [9.17, 15) is 14.0 Å². The monoisotopic (exact) mass is 316 g/mol. The largest absolute Gasteiger partial charge is 0.469 e. The van der Waals surface area contributed by atoms with Gasteiger partial charge in [-0.3, -0.25) is 9.59 Å². The Morgan fingerprint density at radius 1 is 1.48 bits per heavy atom. The maximum atomic E-state index is 13.3. The van der Waals surface area contributed by atoms with Crippen LogP contribution in [0.25, 0.3) is 0 Å². The molecule has 0 saturated carbocycles. The minimum absolute atomic E-state index is 0.0535. The van der Waals surface area contributed by atoms with Crippen LogP contribution in [0.1, 0.15) is 30.6 Å². The Morgan fingerprint density at radius 2 is 2.30 bits per heavy atom. The number of amides is 2. The lowest BCUT2D eigenvalue weighted by Gasteiger charge is -2.26. The summed E-state index contributed by atoms with van der Waals surface area (Å²) in [5.74, 6) is -0.815. The van der Waals surface area contributed by atoms with Gasteiger partial charge in [0.05, 0.1) is 12.2 Å². The zero-order valence-electron chi connectivity index (χ0n) is 12.6. The van der Waals surface area contributed by atoms with Crippen molar-refractivity contribution in [1.82, 2.24) is 5.32 Å². The molecule has 5 nitrogen and oxygen atoms in total. The van der Waals surface area contributed by atoms with Crippen LogP contribution >= 0.6 is 0 Å². The van der Waals surface area contributed by atoms with Crippen molar-refractivity contribution in [1.29, 1.82) is 0 Å². The van der Waals surface area contributed by atoms with Gasteiger partial charge in [-0.1, -0.05) is 6.07 Å². The highest BCUT2D eigenvalue weighted by molar-refractivity contribution is 6.01. The van der Waals surface area contributed by atoms with Crippen molar-refractivity contribution in [3.8, 4) is 0 Å².